The maximum absolute atomic E-state index is 13.5. The molecule has 3 aromatic rings. The fourth-order valence-electron chi connectivity index (χ4n) is 3.50. The number of nitrogens with one attached hydrogen (secondary N) is 1. The number of methoxy groups -OCH3 is 2. The van der Waals surface area contributed by atoms with Crippen LogP contribution in [0.25, 0.3) is 0 Å². The molecule has 186 valence electrons. The van der Waals surface area contributed by atoms with Crippen molar-refractivity contribution in [3.63, 3.8) is 0 Å². The summed E-state index contributed by atoms with van der Waals surface area (Å²) in [6.07, 6.45) is 1.09. The van der Waals surface area contributed by atoms with Crippen LogP contribution in [-0.2, 0) is 16.6 Å². The van der Waals surface area contributed by atoms with E-state index in [0.717, 1.165) is 20.6 Å². The molecule has 0 bridgehead atoms. The Balaban J connectivity index is 2.07. The molecule has 0 fully saturated rings. The Kier molecular flexibility index (Phi) is 8.69. The molecule has 3 rings (SSSR count). The van der Waals surface area contributed by atoms with Gasteiger partial charge in [0.2, 0.25) is 10.0 Å². The quantitative estimate of drug-likeness (QED) is 0.357. The second-order valence-electron chi connectivity index (χ2n) is 7.87. The van der Waals surface area contributed by atoms with Gasteiger partial charge in [0, 0.05) is 15.6 Å². The smallest absolute Gasteiger partial charge is 0.254 e. The Morgan fingerprint density at radius 2 is 1.60 bits per heavy atom. The number of benzene rings is 3. The number of hydrogen-bond acceptors (Lipinski definition) is 5. The van der Waals surface area contributed by atoms with Crippen LogP contribution >= 0.6 is 27.5 Å². The van der Waals surface area contributed by atoms with Crippen LogP contribution in [0.3, 0.4) is 0 Å². The zero-order chi connectivity index (χ0) is 25.8. The van der Waals surface area contributed by atoms with Crippen LogP contribution in [0.2, 0.25) is 5.02 Å². The van der Waals surface area contributed by atoms with Crippen molar-refractivity contribution in [1.29, 1.82) is 0 Å². The molecule has 10 heteroatoms. The van der Waals surface area contributed by atoms with Crippen molar-refractivity contribution in [2.45, 2.75) is 19.5 Å². The first-order valence-electron chi connectivity index (χ1n) is 10.6. The summed E-state index contributed by atoms with van der Waals surface area (Å²) in [6.45, 7) is 1.84. The normalized spacial score (nSPS) is 12.1. The van der Waals surface area contributed by atoms with E-state index < -0.39 is 15.9 Å². The minimum absolute atomic E-state index is 0.00592. The van der Waals surface area contributed by atoms with Gasteiger partial charge in [0.05, 0.1) is 44.3 Å². The maximum atomic E-state index is 13.5. The molecular weight excluding hydrogens is 556 g/mol. The molecule has 1 amide bonds. The van der Waals surface area contributed by atoms with Crippen LogP contribution in [0.1, 0.15) is 34.5 Å². The number of sulfonamides is 1. The second-order valence-corrected chi connectivity index (χ2v) is 11.1. The van der Waals surface area contributed by atoms with E-state index in [1.54, 1.807) is 24.3 Å². The lowest BCUT2D eigenvalue weighted by molar-refractivity contribution is 0.0940. The van der Waals surface area contributed by atoms with Gasteiger partial charge in [-0.15, -0.1) is 0 Å². The van der Waals surface area contributed by atoms with Crippen LogP contribution in [0.15, 0.2) is 65.1 Å². The number of carbonyl (C=O) groups excluding carboxylic acids is 1. The summed E-state index contributed by atoms with van der Waals surface area (Å²) in [5, 5.41) is 3.48. The topological polar surface area (TPSA) is 84.9 Å². The van der Waals surface area contributed by atoms with Gasteiger partial charge < -0.3 is 14.8 Å². The van der Waals surface area contributed by atoms with Gasteiger partial charge >= 0.3 is 0 Å². The highest BCUT2D eigenvalue weighted by atomic mass is 79.9. The Labute approximate surface area is 219 Å². The van der Waals surface area contributed by atoms with Crippen molar-refractivity contribution < 1.29 is 22.7 Å². The number of hydrogen-bond donors (Lipinski definition) is 1. The first-order chi connectivity index (χ1) is 16.5. The van der Waals surface area contributed by atoms with Crippen molar-refractivity contribution in [3.05, 3.63) is 86.8 Å². The maximum Gasteiger partial charge on any atom is 0.254 e. The van der Waals surface area contributed by atoms with Crippen molar-refractivity contribution in [2.75, 3.05) is 24.8 Å². The van der Waals surface area contributed by atoms with Crippen molar-refractivity contribution >= 4 is 49.1 Å². The molecule has 1 atom stereocenters. The van der Waals surface area contributed by atoms with Gasteiger partial charge in [0.1, 0.15) is 0 Å². The van der Waals surface area contributed by atoms with E-state index in [2.05, 4.69) is 21.2 Å². The SMILES string of the molecule is COc1cc(C(=O)N[C@@H](C)c2ccc(Br)cc2)c(N(Cc2ccc(Cl)cc2)S(C)(=O)=O)cc1OC. The molecule has 0 aromatic heterocycles. The van der Waals surface area contributed by atoms with Crippen LogP contribution in [-0.4, -0.2) is 34.8 Å². The number of carbonyl (C=O) groups is 1. The fourth-order valence-corrected chi connectivity index (χ4v) is 4.78. The predicted molar refractivity (Wildman–Crippen MR) is 142 cm³/mol. The summed E-state index contributed by atoms with van der Waals surface area (Å²) in [5.41, 5.74) is 1.89. The summed E-state index contributed by atoms with van der Waals surface area (Å²) in [5.74, 6) is 0.142. The Morgan fingerprint density at radius 1 is 1.03 bits per heavy atom. The summed E-state index contributed by atoms with van der Waals surface area (Å²) >= 11 is 9.39. The average molecular weight is 582 g/mol. The summed E-state index contributed by atoms with van der Waals surface area (Å²) < 4.78 is 38.7. The van der Waals surface area contributed by atoms with E-state index in [1.807, 2.05) is 31.2 Å². The third-order valence-electron chi connectivity index (χ3n) is 5.37. The molecule has 7 nitrogen and oxygen atoms in total. The molecule has 0 unspecified atom stereocenters. The van der Waals surface area contributed by atoms with E-state index in [0.29, 0.717) is 22.1 Å². The molecule has 0 heterocycles. The van der Waals surface area contributed by atoms with Crippen molar-refractivity contribution in [3.8, 4) is 11.5 Å². The Hall–Kier alpha value is -2.75. The monoisotopic (exact) mass is 580 g/mol. The zero-order valence-corrected chi connectivity index (χ0v) is 22.9. The van der Waals surface area contributed by atoms with Crippen LogP contribution < -0.4 is 19.1 Å². The minimum atomic E-state index is -3.79. The molecule has 35 heavy (non-hydrogen) atoms. The van der Waals surface area contributed by atoms with E-state index in [9.17, 15) is 13.2 Å². The van der Waals surface area contributed by atoms with Gasteiger partial charge in [-0.3, -0.25) is 9.10 Å². The molecule has 0 radical (unpaired) electrons. The second kappa shape index (κ2) is 11.3. The molecule has 0 saturated carbocycles. The highest BCUT2D eigenvalue weighted by Gasteiger charge is 2.27. The predicted octanol–water partition coefficient (Wildman–Crippen LogP) is 5.58. The number of anilines is 1. The van der Waals surface area contributed by atoms with Crippen LogP contribution in [0.4, 0.5) is 5.69 Å². The fraction of sp³-hybridized carbons (Fsp3) is 0.240. The first-order valence-corrected chi connectivity index (χ1v) is 13.6. The van der Waals surface area contributed by atoms with Gasteiger partial charge in [-0.05, 0) is 48.4 Å². The summed E-state index contributed by atoms with van der Waals surface area (Å²) in [6, 6.07) is 17.0. The number of amides is 1. The molecule has 0 aliphatic carbocycles. The number of rotatable bonds is 9. The van der Waals surface area contributed by atoms with Crippen LogP contribution in [0, 0.1) is 0 Å². The Bertz CT molecular complexity index is 1300. The first kappa shape index (κ1) is 26.8. The lowest BCUT2D eigenvalue weighted by Gasteiger charge is -2.26. The third kappa shape index (κ3) is 6.68. The number of ether oxygens (including phenoxy) is 2. The van der Waals surface area contributed by atoms with E-state index in [4.69, 9.17) is 21.1 Å². The molecule has 0 aliphatic rings. The summed E-state index contributed by atoms with van der Waals surface area (Å²) in [7, 11) is -0.898. The van der Waals surface area contributed by atoms with Gasteiger partial charge in [0.15, 0.2) is 11.5 Å². The van der Waals surface area contributed by atoms with E-state index in [1.165, 1.54) is 26.4 Å². The molecule has 1 N–H and O–H groups in total. The third-order valence-corrected chi connectivity index (χ3v) is 7.28. The standard InChI is InChI=1S/C25H26BrClN2O5S/c1-16(18-7-9-19(26)10-8-18)28-25(30)21-13-23(33-2)24(34-3)14-22(21)29(35(4,31)32)15-17-5-11-20(27)12-6-17/h5-14,16H,15H2,1-4H3,(H,28,30)/t16-/m0/s1. The molecule has 0 spiro atoms. The van der Waals surface area contributed by atoms with Gasteiger partial charge in [-0.25, -0.2) is 8.42 Å². The molecule has 0 aliphatic heterocycles. The van der Waals surface area contributed by atoms with E-state index >= 15 is 0 Å². The molecular formula is C25H26BrClN2O5S. The largest absolute Gasteiger partial charge is 0.493 e. The number of nitrogens with zero attached hydrogens (tertiary/aromatic N) is 1. The highest BCUT2D eigenvalue weighted by Crippen LogP contribution is 2.37. The van der Waals surface area contributed by atoms with E-state index in [-0.39, 0.29) is 23.8 Å². The Morgan fingerprint density at radius 3 is 2.14 bits per heavy atom. The lowest BCUT2D eigenvalue weighted by atomic mass is 10.1. The lowest BCUT2D eigenvalue weighted by Crippen LogP contribution is -2.33. The highest BCUT2D eigenvalue weighted by molar-refractivity contribution is 9.10. The minimum Gasteiger partial charge on any atom is -0.493 e. The molecule has 0 saturated heterocycles. The van der Waals surface area contributed by atoms with Crippen molar-refractivity contribution in [2.24, 2.45) is 0 Å². The van der Waals surface area contributed by atoms with Crippen LogP contribution in [0.5, 0.6) is 11.5 Å². The van der Waals surface area contributed by atoms with Crippen molar-refractivity contribution in [1.82, 2.24) is 5.32 Å². The van der Waals surface area contributed by atoms with Gasteiger partial charge in [0.25, 0.3) is 5.91 Å². The van der Waals surface area contributed by atoms with Gasteiger partial charge in [-0.2, -0.15) is 0 Å². The molecule has 3 aromatic carbocycles. The zero-order valence-electron chi connectivity index (χ0n) is 19.7. The average Bonchev–Trinajstić information content (AvgIpc) is 2.82. The number of halogens is 2. The summed E-state index contributed by atoms with van der Waals surface area (Å²) in [4.78, 5) is 13.5. The van der Waals surface area contributed by atoms with Gasteiger partial charge in [-0.1, -0.05) is 51.8 Å².